The van der Waals surface area contributed by atoms with E-state index in [1.807, 2.05) is 32.9 Å². The molecule has 1 spiro atoms. The predicted molar refractivity (Wildman–Crippen MR) is 156 cm³/mol. The van der Waals surface area contributed by atoms with Gasteiger partial charge in [0.2, 0.25) is 0 Å². The summed E-state index contributed by atoms with van der Waals surface area (Å²) in [6, 6.07) is 15.1. The molecule has 0 N–H and O–H groups in total. The van der Waals surface area contributed by atoms with Gasteiger partial charge in [-0.25, -0.2) is 9.37 Å². The molecule has 3 aliphatic rings. The van der Waals surface area contributed by atoms with Gasteiger partial charge in [0.15, 0.2) is 5.82 Å². The van der Waals surface area contributed by atoms with Crippen LogP contribution < -0.4 is 9.64 Å². The molecule has 4 heterocycles. The van der Waals surface area contributed by atoms with Crippen molar-refractivity contribution in [3.05, 3.63) is 71.3 Å². The molecule has 1 aromatic heterocycles. The van der Waals surface area contributed by atoms with Crippen molar-refractivity contribution in [3.8, 4) is 17.7 Å². The standard InChI is InChI=1S/C32H36FN7O2/c1-4-39(21(2)3)31(41)27-13-24(33)9-12-28(27)42-30-29(35-20-36-37-30)38-18-32(19-38)14-25-10-11-26(15-32)40(25)17-23-7-5-22(16-34)6-8-23/h5-9,12-13,20-21,25-26H,4,10-11,14-15,17-19H2,1-3H3. The van der Waals surface area contributed by atoms with E-state index >= 15 is 0 Å². The molecule has 0 aliphatic carbocycles. The Hall–Kier alpha value is -4.10. The van der Waals surface area contributed by atoms with Crippen LogP contribution in [-0.2, 0) is 6.54 Å². The maximum atomic E-state index is 14.2. The average Bonchev–Trinajstić information content (AvgIpc) is 3.20. The summed E-state index contributed by atoms with van der Waals surface area (Å²) in [6.45, 7) is 8.86. The second-order valence-corrected chi connectivity index (χ2v) is 12.1. The maximum Gasteiger partial charge on any atom is 0.282 e. The zero-order chi connectivity index (χ0) is 29.4. The van der Waals surface area contributed by atoms with Gasteiger partial charge < -0.3 is 14.5 Å². The van der Waals surface area contributed by atoms with E-state index in [1.54, 1.807) is 4.90 Å². The van der Waals surface area contributed by atoms with Gasteiger partial charge >= 0.3 is 0 Å². The first-order chi connectivity index (χ1) is 20.3. The lowest BCUT2D eigenvalue weighted by molar-refractivity contribution is 0.0168. The number of halogens is 1. The van der Waals surface area contributed by atoms with E-state index in [2.05, 4.69) is 43.2 Å². The summed E-state index contributed by atoms with van der Waals surface area (Å²) < 4.78 is 20.4. The van der Waals surface area contributed by atoms with Gasteiger partial charge in [-0.05, 0) is 82.3 Å². The number of aromatic nitrogens is 3. The quantitative estimate of drug-likeness (QED) is 0.366. The minimum Gasteiger partial charge on any atom is -0.434 e. The van der Waals surface area contributed by atoms with Crippen molar-refractivity contribution in [2.75, 3.05) is 24.5 Å². The van der Waals surface area contributed by atoms with Gasteiger partial charge in [0.1, 0.15) is 17.9 Å². The largest absolute Gasteiger partial charge is 0.434 e. The molecule has 6 rings (SSSR count). The summed E-state index contributed by atoms with van der Waals surface area (Å²) in [5.41, 5.74) is 2.30. The van der Waals surface area contributed by atoms with Crippen molar-refractivity contribution in [2.45, 2.75) is 71.1 Å². The van der Waals surface area contributed by atoms with Crippen LogP contribution in [0.4, 0.5) is 10.2 Å². The van der Waals surface area contributed by atoms with E-state index in [9.17, 15) is 9.18 Å². The molecule has 3 aliphatic heterocycles. The van der Waals surface area contributed by atoms with Crippen LogP contribution in [0.2, 0.25) is 0 Å². The van der Waals surface area contributed by atoms with Crippen molar-refractivity contribution in [1.29, 1.82) is 5.26 Å². The van der Waals surface area contributed by atoms with E-state index in [0.717, 1.165) is 32.5 Å². The molecule has 3 fully saturated rings. The third-order valence-electron chi connectivity index (χ3n) is 9.08. The number of nitrogens with zero attached hydrogens (tertiary/aromatic N) is 7. The molecule has 2 unspecified atom stereocenters. The van der Waals surface area contributed by atoms with Crippen molar-refractivity contribution in [1.82, 2.24) is 25.0 Å². The molecule has 10 heteroatoms. The lowest BCUT2D eigenvalue weighted by Crippen LogP contribution is -2.63. The van der Waals surface area contributed by atoms with Crippen molar-refractivity contribution >= 4 is 11.7 Å². The lowest BCUT2D eigenvalue weighted by atomic mass is 9.69. The van der Waals surface area contributed by atoms with E-state index in [0.29, 0.717) is 30.0 Å². The second kappa shape index (κ2) is 11.3. The fourth-order valence-electron chi connectivity index (χ4n) is 7.16. The Bertz CT molecular complexity index is 1480. The number of benzene rings is 2. The summed E-state index contributed by atoms with van der Waals surface area (Å²) in [5.74, 6) is 0.219. The number of ether oxygens (including phenoxy) is 1. The van der Waals surface area contributed by atoms with Gasteiger partial charge in [0.05, 0.1) is 17.2 Å². The molecule has 0 radical (unpaired) electrons. The topological polar surface area (TPSA) is 98.5 Å². The number of carbonyl (C=O) groups is 1. The second-order valence-electron chi connectivity index (χ2n) is 12.1. The lowest BCUT2D eigenvalue weighted by Gasteiger charge is -2.56. The van der Waals surface area contributed by atoms with Crippen molar-refractivity contribution < 1.29 is 13.9 Å². The normalized spacial score (nSPS) is 20.8. The van der Waals surface area contributed by atoms with Crippen LogP contribution in [0.1, 0.15) is 67.9 Å². The molecule has 42 heavy (non-hydrogen) atoms. The van der Waals surface area contributed by atoms with E-state index < -0.39 is 5.82 Å². The first-order valence-corrected chi connectivity index (χ1v) is 14.7. The molecule has 2 aromatic carbocycles. The third-order valence-corrected chi connectivity index (χ3v) is 9.08. The summed E-state index contributed by atoms with van der Waals surface area (Å²) in [7, 11) is 0. The number of hydrogen-bond acceptors (Lipinski definition) is 8. The monoisotopic (exact) mass is 569 g/mol. The van der Waals surface area contributed by atoms with Crippen molar-refractivity contribution in [2.24, 2.45) is 5.41 Å². The zero-order valence-corrected chi connectivity index (χ0v) is 24.3. The van der Waals surface area contributed by atoms with Gasteiger partial charge in [-0.2, -0.15) is 5.26 Å². The minimum atomic E-state index is -0.507. The number of rotatable bonds is 8. The highest BCUT2D eigenvalue weighted by molar-refractivity contribution is 5.97. The van der Waals surface area contributed by atoms with Crippen LogP contribution in [0.5, 0.6) is 11.6 Å². The Morgan fingerprint density at radius 1 is 1.17 bits per heavy atom. The van der Waals surface area contributed by atoms with Crippen LogP contribution in [0.15, 0.2) is 48.8 Å². The van der Waals surface area contributed by atoms with Crippen LogP contribution in [0, 0.1) is 22.6 Å². The Balaban J connectivity index is 1.16. The SMILES string of the molecule is CCN(C(=O)c1cc(F)ccc1Oc1nncnc1N1CC2(CC3CCC(C2)N3Cc2ccc(C#N)cc2)C1)C(C)C. The van der Waals surface area contributed by atoms with Crippen LogP contribution in [0.25, 0.3) is 0 Å². The van der Waals surface area contributed by atoms with Crippen LogP contribution in [0.3, 0.4) is 0 Å². The Morgan fingerprint density at radius 2 is 1.88 bits per heavy atom. The van der Waals surface area contributed by atoms with Gasteiger partial charge in [-0.3, -0.25) is 9.69 Å². The first kappa shape index (κ1) is 28.0. The van der Waals surface area contributed by atoms with E-state index in [-0.39, 0.29) is 34.6 Å². The molecular formula is C32H36FN7O2. The third kappa shape index (κ3) is 5.29. The summed E-state index contributed by atoms with van der Waals surface area (Å²) in [4.78, 5) is 24.3. The number of amides is 1. The molecule has 218 valence electrons. The van der Waals surface area contributed by atoms with E-state index in [4.69, 9.17) is 10.00 Å². The molecule has 0 saturated carbocycles. The number of nitriles is 1. The summed E-state index contributed by atoms with van der Waals surface area (Å²) in [6.07, 6.45) is 6.08. The Labute approximate surface area is 245 Å². The summed E-state index contributed by atoms with van der Waals surface area (Å²) in [5, 5.41) is 17.3. The molecule has 3 saturated heterocycles. The van der Waals surface area contributed by atoms with Gasteiger partial charge in [0.25, 0.3) is 11.8 Å². The molecule has 1 amide bonds. The van der Waals surface area contributed by atoms with Gasteiger partial charge in [-0.1, -0.05) is 12.1 Å². The first-order valence-electron chi connectivity index (χ1n) is 14.7. The smallest absolute Gasteiger partial charge is 0.282 e. The highest BCUT2D eigenvalue weighted by Gasteiger charge is 2.54. The van der Waals surface area contributed by atoms with Crippen LogP contribution >= 0.6 is 0 Å². The number of carbonyl (C=O) groups excluding carboxylic acids is 1. The minimum absolute atomic E-state index is 0.0459. The molecule has 2 atom stereocenters. The number of anilines is 1. The van der Waals surface area contributed by atoms with Crippen LogP contribution in [-0.4, -0.2) is 68.6 Å². The van der Waals surface area contributed by atoms with E-state index in [1.165, 1.54) is 42.9 Å². The van der Waals surface area contributed by atoms with Crippen molar-refractivity contribution in [3.63, 3.8) is 0 Å². The van der Waals surface area contributed by atoms with Gasteiger partial charge in [0, 0.05) is 49.7 Å². The molecule has 9 nitrogen and oxygen atoms in total. The fraction of sp³-hybridized carbons (Fsp3) is 0.469. The summed E-state index contributed by atoms with van der Waals surface area (Å²) >= 11 is 0. The Morgan fingerprint density at radius 3 is 2.52 bits per heavy atom. The molecule has 2 bridgehead atoms. The average molecular weight is 570 g/mol. The molecular weight excluding hydrogens is 533 g/mol. The number of piperidine rings is 1. The molecule has 3 aromatic rings. The fourth-order valence-corrected chi connectivity index (χ4v) is 7.16. The number of hydrogen-bond donors (Lipinski definition) is 0. The predicted octanol–water partition coefficient (Wildman–Crippen LogP) is 5.18. The maximum absolute atomic E-state index is 14.2. The zero-order valence-electron chi connectivity index (χ0n) is 24.3. The highest BCUT2D eigenvalue weighted by Crippen LogP contribution is 2.52. The number of fused-ring (bicyclic) bond motifs is 2. The van der Waals surface area contributed by atoms with Gasteiger partial charge in [-0.15, -0.1) is 10.2 Å². The Kier molecular flexibility index (Phi) is 7.54. The highest BCUT2D eigenvalue weighted by atomic mass is 19.1.